The summed E-state index contributed by atoms with van der Waals surface area (Å²) in [6.45, 7) is 1.81. The maximum atomic E-state index is 10.6. The van der Waals surface area contributed by atoms with Crippen LogP contribution in [0.15, 0.2) is 24.3 Å². The van der Waals surface area contributed by atoms with E-state index in [1.54, 1.807) is 12.1 Å². The third kappa shape index (κ3) is 5.56. The lowest BCUT2D eigenvalue weighted by molar-refractivity contribution is -0.269. The van der Waals surface area contributed by atoms with Gasteiger partial charge in [0.2, 0.25) is 0 Å². The number of alkyl halides is 3. The first-order chi connectivity index (χ1) is 6.75. The van der Waals surface area contributed by atoms with E-state index in [1.807, 2.05) is 19.1 Å². The van der Waals surface area contributed by atoms with E-state index in [9.17, 15) is 18.3 Å². The van der Waals surface area contributed by atoms with Gasteiger partial charge in [0, 0.05) is 0 Å². The van der Waals surface area contributed by atoms with Crippen LogP contribution in [-0.2, 0) is 4.79 Å². The first-order valence-corrected chi connectivity index (χ1v) is 3.78. The first kappa shape index (κ1) is 13.3. The molecule has 0 heterocycles. The molecular formula is C9H8F3O3-. The van der Waals surface area contributed by atoms with Gasteiger partial charge >= 0.3 is 12.1 Å². The number of hydrogen-bond donors (Lipinski definition) is 1. The molecule has 1 aromatic carbocycles. The molecule has 1 rings (SSSR count). The second-order valence-electron chi connectivity index (χ2n) is 2.57. The summed E-state index contributed by atoms with van der Waals surface area (Å²) in [5.41, 5.74) is 0.813. The van der Waals surface area contributed by atoms with Crippen LogP contribution in [0.3, 0.4) is 0 Å². The number of carboxylic acid groups (broad SMARTS) is 1. The van der Waals surface area contributed by atoms with Crippen molar-refractivity contribution in [2.75, 3.05) is 0 Å². The van der Waals surface area contributed by atoms with Crippen LogP contribution in [0.5, 0.6) is 5.75 Å². The van der Waals surface area contributed by atoms with Crippen LogP contribution in [0.4, 0.5) is 13.2 Å². The molecule has 0 unspecified atom stereocenters. The van der Waals surface area contributed by atoms with Gasteiger partial charge in [-0.1, -0.05) is 29.8 Å². The molecule has 15 heavy (non-hydrogen) atoms. The number of hydrogen-bond acceptors (Lipinski definition) is 2. The molecule has 6 heteroatoms. The van der Waals surface area contributed by atoms with E-state index in [1.165, 1.54) is 0 Å². The molecular weight excluding hydrogens is 213 g/mol. The van der Waals surface area contributed by atoms with Crippen molar-refractivity contribution in [2.24, 2.45) is 0 Å². The third-order valence-corrected chi connectivity index (χ3v) is 1.34. The van der Waals surface area contributed by atoms with Crippen LogP contribution < -0.4 is 5.11 Å². The smallest absolute Gasteiger partial charge is 0.490 e. The van der Waals surface area contributed by atoms with Crippen LogP contribution >= 0.6 is 0 Å². The molecule has 0 bridgehead atoms. The number of carboxylic acids is 1. The van der Waals surface area contributed by atoms with Gasteiger partial charge in [-0.15, -0.1) is 5.75 Å². The number of aliphatic carboxylic acids is 1. The molecule has 1 aromatic rings. The van der Waals surface area contributed by atoms with Crippen molar-refractivity contribution in [1.82, 2.24) is 0 Å². The fraction of sp³-hybridized carbons (Fsp3) is 0.222. The molecule has 0 saturated heterocycles. The third-order valence-electron chi connectivity index (χ3n) is 1.34. The van der Waals surface area contributed by atoms with Crippen LogP contribution in [0.25, 0.3) is 0 Å². The van der Waals surface area contributed by atoms with Crippen molar-refractivity contribution < 1.29 is 28.2 Å². The minimum atomic E-state index is -5.08. The van der Waals surface area contributed by atoms with Gasteiger partial charge < -0.3 is 10.2 Å². The van der Waals surface area contributed by atoms with E-state index in [-0.39, 0.29) is 5.75 Å². The zero-order chi connectivity index (χ0) is 12.1. The van der Waals surface area contributed by atoms with Gasteiger partial charge in [-0.3, -0.25) is 0 Å². The van der Waals surface area contributed by atoms with Gasteiger partial charge in [0.1, 0.15) is 0 Å². The summed E-state index contributed by atoms with van der Waals surface area (Å²) in [7, 11) is 0. The lowest BCUT2D eigenvalue weighted by Gasteiger charge is -2.06. The van der Waals surface area contributed by atoms with Crippen molar-refractivity contribution >= 4 is 5.97 Å². The van der Waals surface area contributed by atoms with E-state index in [2.05, 4.69) is 0 Å². The van der Waals surface area contributed by atoms with Gasteiger partial charge in [-0.05, 0) is 6.92 Å². The van der Waals surface area contributed by atoms with Crippen molar-refractivity contribution in [3.8, 4) is 5.75 Å². The van der Waals surface area contributed by atoms with Crippen LogP contribution in [0.1, 0.15) is 5.56 Å². The Kier molecular flexibility index (Phi) is 4.63. The Bertz CT molecular complexity index is 313. The predicted octanol–water partition coefficient (Wildman–Crippen LogP) is 1.70. The average molecular weight is 221 g/mol. The van der Waals surface area contributed by atoms with E-state index in [0.717, 1.165) is 5.56 Å². The summed E-state index contributed by atoms with van der Waals surface area (Å²) < 4.78 is 31.7. The Morgan fingerprint density at radius 2 is 1.73 bits per heavy atom. The predicted molar refractivity (Wildman–Crippen MR) is 44.3 cm³/mol. The highest BCUT2D eigenvalue weighted by Gasteiger charge is 2.38. The fourth-order valence-corrected chi connectivity index (χ4v) is 0.556. The van der Waals surface area contributed by atoms with Crippen molar-refractivity contribution in [1.29, 1.82) is 0 Å². The summed E-state index contributed by atoms with van der Waals surface area (Å²) >= 11 is 0. The summed E-state index contributed by atoms with van der Waals surface area (Å²) in [6, 6.07) is 6.98. The number of benzene rings is 1. The molecule has 0 aliphatic heterocycles. The van der Waals surface area contributed by atoms with Crippen molar-refractivity contribution in [3.63, 3.8) is 0 Å². The van der Waals surface area contributed by atoms with E-state index in [0.29, 0.717) is 0 Å². The molecule has 0 radical (unpaired) electrons. The van der Waals surface area contributed by atoms with E-state index in [4.69, 9.17) is 9.90 Å². The van der Waals surface area contributed by atoms with Crippen molar-refractivity contribution in [3.05, 3.63) is 29.8 Å². The molecule has 0 saturated carbocycles. The monoisotopic (exact) mass is 221 g/mol. The largest absolute Gasteiger partial charge is 0.872 e. The minimum absolute atomic E-state index is 0.118. The Hall–Kier alpha value is -1.72. The number of aryl methyl sites for hydroxylation is 1. The molecule has 0 spiro atoms. The molecule has 1 N–H and O–H groups in total. The van der Waals surface area contributed by atoms with Gasteiger partial charge in [-0.25, -0.2) is 4.79 Å². The maximum absolute atomic E-state index is 10.6. The van der Waals surface area contributed by atoms with Gasteiger partial charge in [0.25, 0.3) is 0 Å². The van der Waals surface area contributed by atoms with Gasteiger partial charge in [0.15, 0.2) is 0 Å². The highest BCUT2D eigenvalue weighted by Crippen LogP contribution is 2.13. The first-order valence-electron chi connectivity index (χ1n) is 3.78. The zero-order valence-corrected chi connectivity index (χ0v) is 7.71. The fourth-order valence-electron chi connectivity index (χ4n) is 0.556. The molecule has 0 amide bonds. The number of halogens is 3. The minimum Gasteiger partial charge on any atom is -0.872 e. The second-order valence-corrected chi connectivity index (χ2v) is 2.57. The summed E-state index contributed by atoms with van der Waals surface area (Å²) in [5, 5.41) is 17.7. The Labute approximate surface area is 83.8 Å². The quantitative estimate of drug-likeness (QED) is 0.725. The number of carbonyl (C=O) groups is 1. The molecule has 0 atom stereocenters. The van der Waals surface area contributed by atoms with E-state index >= 15 is 0 Å². The second kappa shape index (κ2) is 5.23. The van der Waals surface area contributed by atoms with Crippen LogP contribution in [0.2, 0.25) is 0 Å². The highest BCUT2D eigenvalue weighted by atomic mass is 19.4. The highest BCUT2D eigenvalue weighted by molar-refractivity contribution is 5.73. The van der Waals surface area contributed by atoms with Crippen molar-refractivity contribution in [2.45, 2.75) is 13.1 Å². The molecule has 84 valence electrons. The number of para-hydroxylation sites is 1. The molecule has 0 aliphatic carbocycles. The van der Waals surface area contributed by atoms with Crippen LogP contribution in [0, 0.1) is 6.92 Å². The summed E-state index contributed by atoms with van der Waals surface area (Å²) in [5.74, 6) is -2.64. The normalized spacial score (nSPS) is 10.1. The zero-order valence-electron chi connectivity index (χ0n) is 7.71. The summed E-state index contributed by atoms with van der Waals surface area (Å²) in [6.07, 6.45) is -5.08. The molecule has 0 fully saturated rings. The SMILES string of the molecule is Cc1ccccc1[O-].O=C(O)C(F)(F)F. The van der Waals surface area contributed by atoms with E-state index < -0.39 is 12.1 Å². The number of rotatable bonds is 0. The van der Waals surface area contributed by atoms with Gasteiger partial charge in [-0.2, -0.15) is 13.2 Å². The topological polar surface area (TPSA) is 60.4 Å². The molecule has 0 aliphatic rings. The lowest BCUT2D eigenvalue weighted by atomic mass is 10.2. The Morgan fingerprint density at radius 3 is 1.93 bits per heavy atom. The molecule has 0 aromatic heterocycles. The van der Waals surface area contributed by atoms with Crippen LogP contribution in [-0.4, -0.2) is 17.3 Å². The summed E-state index contributed by atoms with van der Waals surface area (Å²) in [4.78, 5) is 8.90. The molecule has 3 nitrogen and oxygen atoms in total. The van der Waals surface area contributed by atoms with Gasteiger partial charge in [0.05, 0.1) is 0 Å². The Morgan fingerprint density at radius 1 is 1.33 bits per heavy atom. The standard InChI is InChI=1S/C7H8O.C2HF3O2/c1-6-4-2-3-5-7(6)8;3-2(4,5)1(6)7/h2-5,8H,1H3;(H,6,7)/p-1. The maximum Gasteiger partial charge on any atom is 0.490 e. The lowest BCUT2D eigenvalue weighted by Crippen LogP contribution is -2.21. The average Bonchev–Trinajstić information content (AvgIpc) is 2.09. The Balaban J connectivity index is 0.000000265.